The molecule has 0 saturated carbocycles. The predicted octanol–water partition coefficient (Wildman–Crippen LogP) is 3.80. The minimum absolute atomic E-state index is 0.203. The molecule has 1 aromatic carbocycles. The molecule has 5 nitrogen and oxygen atoms in total. The second-order valence-corrected chi connectivity index (χ2v) is 5.74. The molecule has 1 fully saturated rings. The smallest absolute Gasteiger partial charge is 0.247 e. The summed E-state index contributed by atoms with van der Waals surface area (Å²) in [5.41, 5.74) is -0.203. The molecular weight excluding hydrogens is 319 g/mol. The Morgan fingerprint density at radius 3 is 2.83 bits per heavy atom. The van der Waals surface area contributed by atoms with Gasteiger partial charge in [-0.05, 0) is 37.8 Å². The van der Waals surface area contributed by atoms with Crippen molar-refractivity contribution in [3.8, 4) is 0 Å². The summed E-state index contributed by atoms with van der Waals surface area (Å²) in [6, 6.07) is 2.31. The Hall–Kier alpha value is -2.38. The predicted molar refractivity (Wildman–Crippen MR) is 84.7 cm³/mol. The molecule has 1 atom stereocenters. The standard InChI is InChI=1S/C16H18F3N5/c1-2-10-5-3-4-8-24(10)16-22-13(9-20-23-16)21-12-7-6-11(17)14(18)15(12)19/h6-7,9-10H,2-5,8H2,1H3,(H,21,22,23). The minimum atomic E-state index is -1.52. The topological polar surface area (TPSA) is 53.9 Å². The quantitative estimate of drug-likeness (QED) is 0.860. The highest BCUT2D eigenvalue weighted by atomic mass is 19.2. The van der Waals surface area contributed by atoms with Gasteiger partial charge in [0.2, 0.25) is 5.95 Å². The molecule has 1 saturated heterocycles. The summed E-state index contributed by atoms with van der Waals surface area (Å²) in [4.78, 5) is 6.43. The zero-order valence-corrected chi connectivity index (χ0v) is 13.3. The van der Waals surface area contributed by atoms with Gasteiger partial charge >= 0.3 is 0 Å². The molecule has 0 amide bonds. The van der Waals surface area contributed by atoms with Crippen LogP contribution < -0.4 is 10.2 Å². The van der Waals surface area contributed by atoms with Crippen LogP contribution in [0.3, 0.4) is 0 Å². The summed E-state index contributed by atoms with van der Waals surface area (Å²) >= 11 is 0. The maximum atomic E-state index is 13.8. The van der Waals surface area contributed by atoms with Crippen LogP contribution >= 0.6 is 0 Å². The van der Waals surface area contributed by atoms with Crippen molar-refractivity contribution in [2.24, 2.45) is 0 Å². The summed E-state index contributed by atoms with van der Waals surface area (Å²) < 4.78 is 40.1. The van der Waals surface area contributed by atoms with Gasteiger partial charge in [0.15, 0.2) is 23.3 Å². The first-order chi connectivity index (χ1) is 11.6. The van der Waals surface area contributed by atoms with Crippen LogP contribution in [-0.4, -0.2) is 27.8 Å². The lowest BCUT2D eigenvalue weighted by Gasteiger charge is -2.34. The van der Waals surface area contributed by atoms with E-state index >= 15 is 0 Å². The molecule has 24 heavy (non-hydrogen) atoms. The third kappa shape index (κ3) is 3.27. The fraction of sp³-hybridized carbons (Fsp3) is 0.438. The van der Waals surface area contributed by atoms with Gasteiger partial charge in [0.25, 0.3) is 0 Å². The van der Waals surface area contributed by atoms with Gasteiger partial charge in [-0.15, -0.1) is 5.10 Å². The highest BCUT2D eigenvalue weighted by molar-refractivity contribution is 5.57. The first-order valence-electron chi connectivity index (χ1n) is 7.97. The molecule has 2 aromatic rings. The van der Waals surface area contributed by atoms with E-state index in [1.807, 2.05) is 0 Å². The van der Waals surface area contributed by atoms with Crippen LogP contribution in [0.5, 0.6) is 0 Å². The highest BCUT2D eigenvalue weighted by Gasteiger charge is 2.24. The molecule has 8 heteroatoms. The van der Waals surface area contributed by atoms with Crippen LogP contribution in [0.15, 0.2) is 18.3 Å². The van der Waals surface area contributed by atoms with E-state index in [0.29, 0.717) is 12.0 Å². The first kappa shape index (κ1) is 16.5. The van der Waals surface area contributed by atoms with E-state index in [1.165, 1.54) is 12.6 Å². The van der Waals surface area contributed by atoms with Crippen molar-refractivity contribution in [3.05, 3.63) is 35.8 Å². The van der Waals surface area contributed by atoms with Crippen molar-refractivity contribution < 1.29 is 13.2 Å². The average molecular weight is 337 g/mol. The second-order valence-electron chi connectivity index (χ2n) is 5.74. The van der Waals surface area contributed by atoms with Gasteiger partial charge in [-0.25, -0.2) is 13.2 Å². The van der Waals surface area contributed by atoms with E-state index in [2.05, 4.69) is 32.3 Å². The van der Waals surface area contributed by atoms with Gasteiger partial charge in [0, 0.05) is 12.6 Å². The number of piperidine rings is 1. The number of nitrogens with zero attached hydrogens (tertiary/aromatic N) is 4. The van der Waals surface area contributed by atoms with Gasteiger partial charge in [-0.2, -0.15) is 10.1 Å². The molecule has 0 bridgehead atoms. The van der Waals surface area contributed by atoms with Crippen molar-refractivity contribution in [2.75, 3.05) is 16.8 Å². The largest absolute Gasteiger partial charge is 0.336 e. The molecule has 1 N–H and O–H groups in total. The molecule has 2 heterocycles. The lowest BCUT2D eigenvalue weighted by molar-refractivity contribution is 0.441. The van der Waals surface area contributed by atoms with E-state index in [4.69, 9.17) is 0 Å². The number of nitrogens with one attached hydrogen (secondary N) is 1. The summed E-state index contributed by atoms with van der Waals surface area (Å²) in [5, 5.41) is 10.6. The lowest BCUT2D eigenvalue weighted by Crippen LogP contribution is -2.40. The van der Waals surface area contributed by atoms with Crippen LogP contribution in [0.2, 0.25) is 0 Å². The number of halogens is 3. The molecule has 3 rings (SSSR count). The van der Waals surface area contributed by atoms with Crippen molar-refractivity contribution in [1.29, 1.82) is 0 Å². The van der Waals surface area contributed by atoms with Gasteiger partial charge in [-0.1, -0.05) is 6.92 Å². The van der Waals surface area contributed by atoms with Crippen LogP contribution in [0.25, 0.3) is 0 Å². The first-order valence-corrected chi connectivity index (χ1v) is 7.97. The summed E-state index contributed by atoms with van der Waals surface area (Å²) in [7, 11) is 0. The second kappa shape index (κ2) is 7.02. The van der Waals surface area contributed by atoms with Crippen molar-refractivity contribution in [1.82, 2.24) is 15.2 Å². The van der Waals surface area contributed by atoms with E-state index in [9.17, 15) is 13.2 Å². The van der Waals surface area contributed by atoms with Gasteiger partial charge < -0.3 is 10.2 Å². The van der Waals surface area contributed by atoms with Crippen molar-refractivity contribution in [2.45, 2.75) is 38.6 Å². The summed E-state index contributed by atoms with van der Waals surface area (Å²) in [5.74, 6) is -3.37. The Labute approximate surface area is 137 Å². The molecular formula is C16H18F3N5. The van der Waals surface area contributed by atoms with E-state index in [-0.39, 0.29) is 11.5 Å². The molecule has 1 aliphatic rings. The maximum absolute atomic E-state index is 13.8. The van der Waals surface area contributed by atoms with E-state index < -0.39 is 17.5 Å². The maximum Gasteiger partial charge on any atom is 0.247 e. The Bertz CT molecular complexity index is 725. The molecule has 0 aliphatic carbocycles. The Morgan fingerprint density at radius 1 is 1.21 bits per heavy atom. The summed E-state index contributed by atoms with van der Waals surface area (Å²) in [6.45, 7) is 2.94. The average Bonchev–Trinajstić information content (AvgIpc) is 2.62. The molecule has 1 unspecified atom stereocenters. The van der Waals surface area contributed by atoms with Crippen LogP contribution in [-0.2, 0) is 0 Å². The Morgan fingerprint density at radius 2 is 2.04 bits per heavy atom. The fourth-order valence-corrected chi connectivity index (χ4v) is 2.92. The normalized spacial score (nSPS) is 17.8. The number of hydrogen-bond acceptors (Lipinski definition) is 5. The number of hydrogen-bond donors (Lipinski definition) is 1. The van der Waals surface area contributed by atoms with Crippen molar-refractivity contribution in [3.63, 3.8) is 0 Å². The van der Waals surface area contributed by atoms with Gasteiger partial charge in [0.1, 0.15) is 0 Å². The molecule has 1 aliphatic heterocycles. The van der Waals surface area contributed by atoms with Crippen LogP contribution in [0.1, 0.15) is 32.6 Å². The van der Waals surface area contributed by atoms with Gasteiger partial charge in [-0.3, -0.25) is 0 Å². The number of rotatable bonds is 4. The molecule has 0 spiro atoms. The van der Waals surface area contributed by atoms with Crippen LogP contribution in [0.4, 0.5) is 30.6 Å². The lowest BCUT2D eigenvalue weighted by atomic mass is 10.0. The fourth-order valence-electron chi connectivity index (χ4n) is 2.92. The van der Waals surface area contributed by atoms with Gasteiger partial charge in [0.05, 0.1) is 11.9 Å². The van der Waals surface area contributed by atoms with Crippen molar-refractivity contribution >= 4 is 17.5 Å². The van der Waals surface area contributed by atoms with E-state index in [1.54, 1.807) is 0 Å². The number of benzene rings is 1. The molecule has 1 aromatic heterocycles. The number of aromatic nitrogens is 3. The molecule has 128 valence electrons. The third-order valence-electron chi connectivity index (χ3n) is 4.20. The summed E-state index contributed by atoms with van der Waals surface area (Å²) in [6.07, 6.45) is 5.57. The highest BCUT2D eigenvalue weighted by Crippen LogP contribution is 2.26. The zero-order valence-electron chi connectivity index (χ0n) is 13.3. The van der Waals surface area contributed by atoms with Crippen LogP contribution in [0, 0.1) is 17.5 Å². The monoisotopic (exact) mass is 337 g/mol. The minimum Gasteiger partial charge on any atom is -0.336 e. The Balaban J connectivity index is 1.84. The number of anilines is 3. The van der Waals surface area contributed by atoms with E-state index in [0.717, 1.165) is 37.9 Å². The molecule has 0 radical (unpaired) electrons. The zero-order chi connectivity index (χ0) is 17.1. The third-order valence-corrected chi connectivity index (χ3v) is 4.20. The SMILES string of the molecule is CCC1CCCCN1c1nncc(Nc2ccc(F)c(F)c2F)n1. The Kier molecular flexibility index (Phi) is 4.82.